The van der Waals surface area contributed by atoms with E-state index in [4.69, 9.17) is 32.5 Å². The van der Waals surface area contributed by atoms with E-state index in [2.05, 4.69) is 4.52 Å². The molecule has 1 aromatic rings. The van der Waals surface area contributed by atoms with Crippen molar-refractivity contribution in [3.05, 3.63) is 33.1 Å². The average molecular weight is 421 g/mol. The van der Waals surface area contributed by atoms with E-state index in [1.807, 2.05) is 4.98 Å². The number of hydrogen-bond acceptors (Lipinski definition) is 8. The quantitative estimate of drug-likeness (QED) is 0.323. The first-order valence-electron chi connectivity index (χ1n) is 6.84. The number of nitrogens with zero attached hydrogens (tertiary/aromatic N) is 1. The van der Waals surface area contributed by atoms with Crippen LogP contribution < -0.4 is 11.2 Å². The van der Waals surface area contributed by atoms with Gasteiger partial charge in [0.15, 0.2) is 6.23 Å². The smallest absolute Gasteiger partial charge is 0.394 e. The number of ether oxygens (including phenoxy) is 1. The van der Waals surface area contributed by atoms with Crippen molar-refractivity contribution in [2.75, 3.05) is 13.2 Å². The highest BCUT2D eigenvalue weighted by Crippen LogP contribution is 2.48. The van der Waals surface area contributed by atoms with Gasteiger partial charge in [-0.1, -0.05) is 0 Å². The number of nitrogens with one attached hydrogen (secondary N) is 1. The normalized spacial score (nSPS) is 29.0. The highest BCUT2D eigenvalue weighted by atomic mass is 35.5. The van der Waals surface area contributed by atoms with Gasteiger partial charge in [-0.2, -0.15) is 0 Å². The maximum atomic E-state index is 11.9. The number of aromatic amines is 1. The largest absolute Gasteiger partial charge is 0.472 e. The van der Waals surface area contributed by atoms with E-state index in [1.54, 1.807) is 0 Å². The van der Waals surface area contributed by atoms with Crippen LogP contribution in [0.3, 0.4) is 0 Å². The van der Waals surface area contributed by atoms with Gasteiger partial charge >= 0.3 is 13.5 Å². The van der Waals surface area contributed by atoms with Crippen molar-refractivity contribution in [2.24, 2.45) is 0 Å². The molecule has 2 heterocycles. The van der Waals surface area contributed by atoms with Crippen molar-refractivity contribution in [3.63, 3.8) is 0 Å². The fraction of sp³-hybridized carbons (Fsp3) is 0.636. The van der Waals surface area contributed by atoms with Crippen LogP contribution in [0.15, 0.2) is 21.9 Å². The first-order valence-corrected chi connectivity index (χ1v) is 9.21. The summed E-state index contributed by atoms with van der Waals surface area (Å²) in [5.41, 5.74) is -1.55. The van der Waals surface area contributed by atoms with Gasteiger partial charge in [-0.25, -0.2) is 9.36 Å². The molecule has 1 unspecified atom stereocenters. The van der Waals surface area contributed by atoms with Crippen molar-refractivity contribution in [1.82, 2.24) is 9.55 Å². The van der Waals surface area contributed by atoms with Crippen molar-refractivity contribution in [3.8, 4) is 0 Å². The lowest BCUT2D eigenvalue weighted by Gasteiger charge is -2.22. The Morgan fingerprint density at radius 1 is 1.44 bits per heavy atom. The lowest BCUT2D eigenvalue weighted by atomic mass is 10.1. The summed E-state index contributed by atoms with van der Waals surface area (Å²) in [7, 11) is -4.69. The van der Waals surface area contributed by atoms with Crippen LogP contribution in [0.2, 0.25) is 0 Å². The summed E-state index contributed by atoms with van der Waals surface area (Å²) in [5, 5.41) is 19.6. The van der Waals surface area contributed by atoms with Gasteiger partial charge in [0.1, 0.15) is 23.1 Å². The van der Waals surface area contributed by atoms with Crippen LogP contribution in [-0.4, -0.2) is 61.0 Å². The minimum Gasteiger partial charge on any atom is -0.394 e. The predicted octanol–water partition coefficient (Wildman–Crippen LogP) is -0.907. The van der Waals surface area contributed by atoms with Crippen LogP contribution in [0.25, 0.3) is 0 Å². The minimum atomic E-state index is -4.69. The number of aliphatic hydroxyl groups is 2. The molecule has 5 atom stereocenters. The number of rotatable bonds is 7. The van der Waals surface area contributed by atoms with Crippen molar-refractivity contribution in [2.45, 2.75) is 29.4 Å². The third-order valence-electron chi connectivity index (χ3n) is 3.23. The monoisotopic (exact) mass is 420 g/mol. The van der Waals surface area contributed by atoms with Crippen LogP contribution in [0.1, 0.15) is 6.23 Å². The number of aromatic nitrogens is 2. The number of aliphatic hydroxyl groups excluding tert-OH is 2. The lowest BCUT2D eigenvalue weighted by Crippen LogP contribution is -2.38. The molecule has 0 amide bonds. The molecule has 1 aliphatic heterocycles. The molecule has 2 rings (SSSR count). The Hall–Kier alpha value is -0.750. The summed E-state index contributed by atoms with van der Waals surface area (Å²) in [4.78, 5) is 33.4. The Morgan fingerprint density at radius 3 is 2.68 bits per heavy atom. The highest BCUT2D eigenvalue weighted by molar-refractivity contribution is 7.47. The summed E-state index contributed by atoms with van der Waals surface area (Å²) >= 11 is 10.8. The molecule has 0 bridgehead atoms. The molecule has 1 aliphatic rings. The van der Waals surface area contributed by atoms with E-state index >= 15 is 0 Å². The van der Waals surface area contributed by atoms with E-state index in [9.17, 15) is 29.3 Å². The number of phosphoric acid groups is 1. The summed E-state index contributed by atoms with van der Waals surface area (Å²) < 4.78 is 27.4. The van der Waals surface area contributed by atoms with E-state index in [0.29, 0.717) is 0 Å². The lowest BCUT2D eigenvalue weighted by molar-refractivity contribution is -0.0550. The molecule has 25 heavy (non-hydrogen) atoms. The summed E-state index contributed by atoms with van der Waals surface area (Å²) in [6.07, 6.45) is -4.70. The van der Waals surface area contributed by atoms with Gasteiger partial charge in [-0.05, 0) is 0 Å². The SMILES string of the molecule is O=c1ccn([C@@H]2O[C@H](CO)[C@@H](OP(=O)(O)OCC(Cl)Cl)[C@H]2O)c(=O)[nH]1. The fourth-order valence-corrected chi connectivity index (χ4v) is 3.46. The Bertz CT molecular complexity index is 754. The van der Waals surface area contributed by atoms with E-state index in [0.717, 1.165) is 16.8 Å². The Labute approximate surface area is 150 Å². The number of phosphoric ester groups is 1. The molecule has 0 aromatic carbocycles. The van der Waals surface area contributed by atoms with E-state index < -0.39 is 61.7 Å². The van der Waals surface area contributed by atoms with Crippen molar-refractivity contribution >= 4 is 31.0 Å². The summed E-state index contributed by atoms with van der Waals surface area (Å²) in [6.45, 7) is -1.21. The van der Waals surface area contributed by atoms with Gasteiger partial charge in [0.2, 0.25) is 0 Å². The van der Waals surface area contributed by atoms with Crippen LogP contribution >= 0.6 is 31.0 Å². The first kappa shape index (κ1) is 20.6. The molecule has 11 nitrogen and oxygen atoms in total. The molecular formula is C11H15Cl2N2O9P. The van der Waals surface area contributed by atoms with Gasteiger partial charge in [0.25, 0.3) is 5.56 Å². The van der Waals surface area contributed by atoms with Gasteiger partial charge in [0, 0.05) is 12.3 Å². The molecule has 0 spiro atoms. The average Bonchev–Trinajstić information content (AvgIpc) is 2.82. The van der Waals surface area contributed by atoms with E-state index in [-0.39, 0.29) is 0 Å². The molecule has 1 fully saturated rings. The molecule has 4 N–H and O–H groups in total. The van der Waals surface area contributed by atoms with Crippen molar-refractivity contribution in [1.29, 1.82) is 0 Å². The van der Waals surface area contributed by atoms with Crippen LogP contribution in [0.5, 0.6) is 0 Å². The topological polar surface area (TPSA) is 160 Å². The highest BCUT2D eigenvalue weighted by Gasteiger charge is 2.48. The number of H-pyrrole nitrogens is 1. The molecule has 1 aromatic heterocycles. The molecule has 0 radical (unpaired) electrons. The zero-order valence-corrected chi connectivity index (χ0v) is 14.8. The Balaban J connectivity index is 2.20. The van der Waals surface area contributed by atoms with Crippen LogP contribution in [0, 0.1) is 0 Å². The van der Waals surface area contributed by atoms with Crippen LogP contribution in [-0.2, 0) is 18.3 Å². The first-order chi connectivity index (χ1) is 11.6. The maximum Gasteiger partial charge on any atom is 0.472 e. The molecule has 0 aliphatic carbocycles. The third kappa shape index (κ3) is 5.13. The van der Waals surface area contributed by atoms with Gasteiger partial charge in [0.05, 0.1) is 13.2 Å². The Morgan fingerprint density at radius 2 is 2.12 bits per heavy atom. The van der Waals surface area contributed by atoms with Gasteiger partial charge in [-0.15, -0.1) is 23.2 Å². The number of halogens is 2. The fourth-order valence-electron chi connectivity index (χ4n) is 2.19. The van der Waals surface area contributed by atoms with Gasteiger partial charge < -0.3 is 19.8 Å². The molecule has 0 saturated carbocycles. The van der Waals surface area contributed by atoms with Crippen LogP contribution in [0.4, 0.5) is 0 Å². The van der Waals surface area contributed by atoms with Gasteiger partial charge in [-0.3, -0.25) is 23.4 Å². The predicted molar refractivity (Wildman–Crippen MR) is 84.5 cm³/mol. The third-order valence-corrected chi connectivity index (χ3v) is 4.47. The second-order valence-corrected chi connectivity index (χ2v) is 7.66. The minimum absolute atomic E-state index is 0.521. The van der Waals surface area contributed by atoms with E-state index in [1.165, 1.54) is 0 Å². The molecule has 1 saturated heterocycles. The zero-order chi connectivity index (χ0) is 18.8. The molecule has 142 valence electrons. The number of alkyl halides is 2. The standard InChI is InChI=1S/C11H15Cl2N2O9P/c12-6(13)4-22-25(20,21)24-9-5(3-16)23-10(8(9)18)15-2-1-7(17)14-11(15)19/h1-2,5-6,8-10,16,18H,3-4H2,(H,20,21)(H,14,17,19)/t5-,8-,9-,10-/m1/s1. The summed E-state index contributed by atoms with van der Waals surface area (Å²) in [6, 6.07) is 1.01. The Kier molecular flexibility index (Phi) is 6.82. The second kappa shape index (κ2) is 8.30. The zero-order valence-electron chi connectivity index (χ0n) is 12.4. The second-order valence-electron chi connectivity index (χ2n) is 4.98. The molecule has 14 heteroatoms. The van der Waals surface area contributed by atoms with Crippen molar-refractivity contribution < 1.29 is 33.5 Å². The molecular weight excluding hydrogens is 406 g/mol. The summed E-state index contributed by atoms with van der Waals surface area (Å²) in [5.74, 6) is 0. The maximum absolute atomic E-state index is 11.9. The number of hydrogen-bond donors (Lipinski definition) is 4.